The molecule has 1 atom stereocenters. The largest absolute Gasteiger partial charge is 0.319 e. The van der Waals surface area contributed by atoms with Crippen LogP contribution >= 0.6 is 22.6 Å². The Kier molecular flexibility index (Phi) is 3.25. The van der Waals surface area contributed by atoms with Crippen LogP contribution in [0.1, 0.15) is 17.3 Å². The summed E-state index contributed by atoms with van der Waals surface area (Å²) in [6.07, 6.45) is 1.84. The third-order valence-electron chi connectivity index (χ3n) is 2.35. The molecule has 0 spiro atoms. The minimum atomic E-state index is -0.311. The molecule has 2 aromatic rings. The van der Waals surface area contributed by atoms with Gasteiger partial charge in [-0.3, -0.25) is 4.68 Å². The molecule has 0 amide bonds. The third kappa shape index (κ3) is 2.25. The number of nitrogens with two attached hydrogens (primary N) is 1. The van der Waals surface area contributed by atoms with E-state index in [1.54, 1.807) is 10.7 Å². The van der Waals surface area contributed by atoms with Crippen LogP contribution < -0.4 is 5.73 Å². The van der Waals surface area contributed by atoms with E-state index in [-0.39, 0.29) is 11.9 Å². The molecule has 0 aliphatic rings. The average molecular weight is 331 g/mol. The number of nitrogens with zero attached hydrogens (tertiary/aromatic N) is 2. The van der Waals surface area contributed by atoms with Crippen LogP contribution in [0.2, 0.25) is 0 Å². The van der Waals surface area contributed by atoms with Crippen LogP contribution in [-0.2, 0) is 7.05 Å². The second kappa shape index (κ2) is 4.50. The second-order valence-electron chi connectivity index (χ2n) is 3.56. The molecule has 84 valence electrons. The Balaban J connectivity index is 2.37. The summed E-state index contributed by atoms with van der Waals surface area (Å²) in [6, 6.07) is 6.15. The first-order valence-corrected chi connectivity index (χ1v) is 5.86. The van der Waals surface area contributed by atoms with Crippen molar-refractivity contribution >= 4 is 22.6 Å². The molecule has 0 fully saturated rings. The van der Waals surface area contributed by atoms with Gasteiger partial charge in [-0.25, -0.2) is 4.39 Å². The third-order valence-corrected chi connectivity index (χ3v) is 3.28. The van der Waals surface area contributed by atoms with Crippen molar-refractivity contribution in [3.05, 3.63) is 51.1 Å². The first-order valence-electron chi connectivity index (χ1n) is 4.78. The fourth-order valence-electron chi connectivity index (χ4n) is 1.51. The molecule has 0 saturated carbocycles. The highest BCUT2D eigenvalue weighted by molar-refractivity contribution is 14.1. The molecule has 0 radical (unpaired) electrons. The lowest BCUT2D eigenvalue weighted by molar-refractivity contribution is 0.624. The van der Waals surface area contributed by atoms with Crippen molar-refractivity contribution in [1.82, 2.24) is 9.78 Å². The summed E-state index contributed by atoms with van der Waals surface area (Å²) in [7, 11) is 1.84. The van der Waals surface area contributed by atoms with Crippen molar-refractivity contribution in [3.8, 4) is 0 Å². The lowest BCUT2D eigenvalue weighted by atomic mass is 10.1. The molecule has 0 aliphatic carbocycles. The number of rotatable bonds is 2. The predicted molar refractivity (Wildman–Crippen MR) is 68.4 cm³/mol. The molecule has 5 heteroatoms. The standard InChI is InChI=1S/C11H11FIN3/c1-16-5-4-10(15-16)11(14)8-3-2-7(12)6-9(8)13/h2-6,11H,14H2,1H3. The van der Waals surface area contributed by atoms with Crippen molar-refractivity contribution < 1.29 is 4.39 Å². The molecule has 3 nitrogen and oxygen atoms in total. The van der Waals surface area contributed by atoms with Gasteiger partial charge >= 0.3 is 0 Å². The van der Waals surface area contributed by atoms with Gasteiger partial charge in [0, 0.05) is 16.8 Å². The van der Waals surface area contributed by atoms with E-state index >= 15 is 0 Å². The minimum absolute atomic E-state index is 0.249. The van der Waals surface area contributed by atoms with Crippen molar-refractivity contribution in [3.63, 3.8) is 0 Å². The Bertz CT molecular complexity index is 510. The van der Waals surface area contributed by atoms with E-state index in [4.69, 9.17) is 5.73 Å². The molecule has 0 bridgehead atoms. The highest BCUT2D eigenvalue weighted by atomic mass is 127. The molecule has 1 aromatic heterocycles. The second-order valence-corrected chi connectivity index (χ2v) is 4.72. The normalized spacial score (nSPS) is 12.8. The maximum Gasteiger partial charge on any atom is 0.124 e. The molecule has 2 N–H and O–H groups in total. The maximum atomic E-state index is 13.0. The lowest BCUT2D eigenvalue weighted by Gasteiger charge is -2.11. The molecule has 1 unspecified atom stereocenters. The monoisotopic (exact) mass is 331 g/mol. The predicted octanol–water partition coefficient (Wildman–Crippen LogP) is 2.21. The number of aromatic nitrogens is 2. The van der Waals surface area contributed by atoms with Crippen molar-refractivity contribution in [2.75, 3.05) is 0 Å². The number of benzene rings is 1. The van der Waals surface area contributed by atoms with Gasteiger partial charge in [-0.15, -0.1) is 0 Å². The van der Waals surface area contributed by atoms with E-state index in [9.17, 15) is 4.39 Å². The molecule has 16 heavy (non-hydrogen) atoms. The highest BCUT2D eigenvalue weighted by Crippen LogP contribution is 2.23. The van der Waals surface area contributed by atoms with Crippen LogP contribution in [0.25, 0.3) is 0 Å². The summed E-state index contributed by atoms with van der Waals surface area (Å²) in [5, 5.41) is 4.25. The van der Waals surface area contributed by atoms with E-state index in [1.807, 2.05) is 19.3 Å². The van der Waals surface area contributed by atoms with E-state index in [0.717, 1.165) is 14.8 Å². The lowest BCUT2D eigenvalue weighted by Crippen LogP contribution is -2.14. The van der Waals surface area contributed by atoms with E-state index in [1.165, 1.54) is 12.1 Å². The Morgan fingerprint density at radius 3 is 2.75 bits per heavy atom. The molecular formula is C11H11FIN3. The van der Waals surface area contributed by atoms with Crippen molar-refractivity contribution in [1.29, 1.82) is 0 Å². The molecule has 0 saturated heterocycles. The number of hydrogen-bond donors (Lipinski definition) is 1. The van der Waals surface area contributed by atoms with Gasteiger partial charge in [0.05, 0.1) is 11.7 Å². The summed E-state index contributed by atoms with van der Waals surface area (Å²) < 4.78 is 15.5. The van der Waals surface area contributed by atoms with Gasteiger partial charge in [-0.1, -0.05) is 6.07 Å². The van der Waals surface area contributed by atoms with Crippen LogP contribution in [0.5, 0.6) is 0 Å². The van der Waals surface area contributed by atoms with Gasteiger partial charge in [0.25, 0.3) is 0 Å². The average Bonchev–Trinajstić information content (AvgIpc) is 2.64. The summed E-state index contributed by atoms with van der Waals surface area (Å²) in [5.41, 5.74) is 7.75. The highest BCUT2D eigenvalue weighted by Gasteiger charge is 2.14. The van der Waals surface area contributed by atoms with Crippen LogP contribution in [0.15, 0.2) is 30.5 Å². The summed E-state index contributed by atoms with van der Waals surface area (Å²) in [5.74, 6) is -0.249. The van der Waals surface area contributed by atoms with E-state index < -0.39 is 0 Å². The molecular weight excluding hydrogens is 320 g/mol. The van der Waals surface area contributed by atoms with Gasteiger partial charge in [-0.2, -0.15) is 5.10 Å². The molecule has 1 heterocycles. The SMILES string of the molecule is Cn1ccc(C(N)c2ccc(F)cc2I)n1. The van der Waals surface area contributed by atoms with Gasteiger partial charge in [0.2, 0.25) is 0 Å². The van der Waals surface area contributed by atoms with Crippen molar-refractivity contribution in [2.24, 2.45) is 12.8 Å². The van der Waals surface area contributed by atoms with Crippen LogP contribution in [0.3, 0.4) is 0 Å². The number of aryl methyl sites for hydroxylation is 1. The van der Waals surface area contributed by atoms with E-state index in [0.29, 0.717) is 0 Å². The molecule has 1 aromatic carbocycles. The topological polar surface area (TPSA) is 43.8 Å². The van der Waals surface area contributed by atoms with Gasteiger partial charge < -0.3 is 5.73 Å². The number of hydrogen-bond acceptors (Lipinski definition) is 2. The van der Waals surface area contributed by atoms with Gasteiger partial charge in [0.15, 0.2) is 0 Å². The number of halogens is 2. The zero-order valence-corrected chi connectivity index (χ0v) is 10.8. The fraction of sp³-hybridized carbons (Fsp3) is 0.182. The van der Waals surface area contributed by atoms with Crippen LogP contribution in [0.4, 0.5) is 4.39 Å². The molecule has 2 rings (SSSR count). The van der Waals surface area contributed by atoms with Crippen LogP contribution in [0, 0.1) is 9.39 Å². The Morgan fingerprint density at radius 1 is 1.44 bits per heavy atom. The fourth-order valence-corrected chi connectivity index (χ4v) is 2.32. The summed E-state index contributed by atoms with van der Waals surface area (Å²) >= 11 is 2.08. The zero-order chi connectivity index (χ0) is 11.7. The Labute approximate surface area is 107 Å². The Hall–Kier alpha value is -0.950. The van der Waals surface area contributed by atoms with Crippen LogP contribution in [-0.4, -0.2) is 9.78 Å². The smallest absolute Gasteiger partial charge is 0.124 e. The zero-order valence-electron chi connectivity index (χ0n) is 8.69. The van der Waals surface area contributed by atoms with E-state index in [2.05, 4.69) is 27.7 Å². The summed E-state index contributed by atoms with van der Waals surface area (Å²) in [4.78, 5) is 0. The Morgan fingerprint density at radius 2 is 2.19 bits per heavy atom. The quantitative estimate of drug-likeness (QED) is 0.858. The summed E-state index contributed by atoms with van der Waals surface area (Å²) in [6.45, 7) is 0. The molecule has 0 aliphatic heterocycles. The maximum absolute atomic E-state index is 13.0. The minimum Gasteiger partial charge on any atom is -0.319 e. The van der Waals surface area contributed by atoms with Gasteiger partial charge in [0.1, 0.15) is 5.82 Å². The first-order chi connectivity index (χ1) is 7.58. The van der Waals surface area contributed by atoms with Gasteiger partial charge in [-0.05, 0) is 46.4 Å². The first kappa shape index (κ1) is 11.5. The van der Waals surface area contributed by atoms with Crippen molar-refractivity contribution in [2.45, 2.75) is 6.04 Å².